The topological polar surface area (TPSA) is 45.4 Å². The van der Waals surface area contributed by atoms with Gasteiger partial charge < -0.3 is 10.6 Å². The predicted octanol–water partition coefficient (Wildman–Crippen LogP) is 1.85. The smallest absolute Gasteiger partial charge is 0.151 e. The van der Waals surface area contributed by atoms with Gasteiger partial charge in [-0.3, -0.25) is 4.90 Å². The maximum absolute atomic E-state index is 5.98. The van der Waals surface area contributed by atoms with E-state index < -0.39 is 0 Å². The molecule has 5 heteroatoms. The zero-order chi connectivity index (χ0) is 12.6. The van der Waals surface area contributed by atoms with Gasteiger partial charge in [0.1, 0.15) is 0 Å². The number of aromatic nitrogens is 1. The summed E-state index contributed by atoms with van der Waals surface area (Å²) < 4.78 is 0. The molecule has 1 aromatic heterocycles. The number of halogens is 1. The third kappa shape index (κ3) is 2.48. The van der Waals surface area contributed by atoms with E-state index in [9.17, 15) is 0 Å². The van der Waals surface area contributed by atoms with Crippen LogP contribution in [-0.2, 0) is 0 Å². The van der Waals surface area contributed by atoms with Crippen molar-refractivity contribution in [1.82, 2.24) is 9.88 Å². The molecule has 4 nitrogen and oxygen atoms in total. The van der Waals surface area contributed by atoms with Gasteiger partial charge in [-0.2, -0.15) is 0 Å². The number of nitrogens with zero attached hydrogens (tertiary/aromatic N) is 3. The molecule has 2 rings (SSSR count). The molecule has 94 valence electrons. The van der Waals surface area contributed by atoms with Crippen LogP contribution in [0, 0.1) is 0 Å². The molecule has 0 radical (unpaired) electrons. The summed E-state index contributed by atoms with van der Waals surface area (Å²) in [5.41, 5.74) is 6.63. The molecule has 1 aliphatic rings. The number of nitrogens with two attached hydrogens (primary N) is 1. The van der Waals surface area contributed by atoms with Crippen molar-refractivity contribution in [2.24, 2.45) is 0 Å². The van der Waals surface area contributed by atoms with Gasteiger partial charge in [0.25, 0.3) is 0 Å². The maximum atomic E-state index is 5.98. The molecule has 2 N–H and O–H groups in total. The van der Waals surface area contributed by atoms with Crippen molar-refractivity contribution in [2.75, 3.05) is 30.8 Å². The van der Waals surface area contributed by atoms with Crippen LogP contribution in [0.1, 0.15) is 13.8 Å². The van der Waals surface area contributed by atoms with E-state index in [0.29, 0.717) is 22.8 Å². The summed E-state index contributed by atoms with van der Waals surface area (Å²) in [5, 5.41) is 0.585. The van der Waals surface area contributed by atoms with Crippen molar-refractivity contribution in [2.45, 2.75) is 25.9 Å². The fourth-order valence-electron chi connectivity index (χ4n) is 2.29. The molecule has 0 aromatic carbocycles. The third-order valence-corrected chi connectivity index (χ3v) is 3.73. The van der Waals surface area contributed by atoms with Gasteiger partial charge in [0, 0.05) is 31.4 Å². The summed E-state index contributed by atoms with van der Waals surface area (Å²) in [5.74, 6) is 0.848. The highest BCUT2D eigenvalue weighted by atomic mass is 35.5. The van der Waals surface area contributed by atoms with Gasteiger partial charge >= 0.3 is 0 Å². The van der Waals surface area contributed by atoms with Crippen LogP contribution in [0.2, 0.25) is 5.02 Å². The first-order valence-corrected chi connectivity index (χ1v) is 6.24. The highest BCUT2D eigenvalue weighted by Crippen LogP contribution is 2.26. The first-order valence-electron chi connectivity index (χ1n) is 5.87. The standard InChI is InChI=1S/C12H19ClN4/c1-8-6-17(7-9(2)16(8)3)12-11(14)4-10(13)5-15-12/h4-5,8-9H,6-7,14H2,1-3H3. The Morgan fingerprint density at radius 1 is 1.35 bits per heavy atom. The number of likely N-dealkylation sites (N-methyl/N-ethyl adjacent to an activating group) is 1. The molecule has 17 heavy (non-hydrogen) atoms. The molecule has 2 atom stereocenters. The van der Waals surface area contributed by atoms with Crippen molar-refractivity contribution in [3.05, 3.63) is 17.3 Å². The number of anilines is 2. The molecule has 1 fully saturated rings. The van der Waals surface area contributed by atoms with Crippen LogP contribution in [0.5, 0.6) is 0 Å². The third-order valence-electron chi connectivity index (χ3n) is 3.52. The van der Waals surface area contributed by atoms with E-state index in [1.807, 2.05) is 0 Å². The van der Waals surface area contributed by atoms with Crippen LogP contribution >= 0.6 is 11.6 Å². The molecule has 1 aromatic rings. The van der Waals surface area contributed by atoms with Gasteiger partial charge in [-0.15, -0.1) is 0 Å². The lowest BCUT2D eigenvalue weighted by molar-refractivity contribution is 0.169. The van der Waals surface area contributed by atoms with E-state index in [4.69, 9.17) is 17.3 Å². The Morgan fingerprint density at radius 3 is 2.47 bits per heavy atom. The monoisotopic (exact) mass is 254 g/mol. The van der Waals surface area contributed by atoms with Crippen LogP contribution in [0.3, 0.4) is 0 Å². The first kappa shape index (κ1) is 12.5. The molecule has 0 aliphatic carbocycles. The van der Waals surface area contributed by atoms with Gasteiger partial charge in [0.15, 0.2) is 5.82 Å². The number of rotatable bonds is 1. The lowest BCUT2D eigenvalue weighted by Crippen LogP contribution is -2.55. The SMILES string of the molecule is CC1CN(c2ncc(Cl)cc2N)CC(C)N1C. The average molecular weight is 255 g/mol. The maximum Gasteiger partial charge on any atom is 0.151 e. The number of pyridine rings is 1. The van der Waals surface area contributed by atoms with Gasteiger partial charge in [-0.05, 0) is 27.0 Å². The van der Waals surface area contributed by atoms with Crippen LogP contribution < -0.4 is 10.6 Å². The van der Waals surface area contributed by atoms with Gasteiger partial charge in [0.2, 0.25) is 0 Å². The van der Waals surface area contributed by atoms with E-state index in [1.165, 1.54) is 0 Å². The van der Waals surface area contributed by atoms with Crippen LogP contribution in [-0.4, -0.2) is 42.1 Å². The Bertz CT molecular complexity index is 397. The summed E-state index contributed by atoms with van der Waals surface area (Å²) in [6.07, 6.45) is 1.65. The molecule has 2 heterocycles. The molecule has 1 saturated heterocycles. The summed E-state index contributed by atoms with van der Waals surface area (Å²) >= 11 is 5.87. The second kappa shape index (κ2) is 4.70. The lowest BCUT2D eigenvalue weighted by atomic mass is 10.1. The Kier molecular flexibility index (Phi) is 3.45. The minimum absolute atomic E-state index is 0.496. The minimum atomic E-state index is 0.496. The number of nitrogen functional groups attached to an aromatic ring is 1. The highest BCUT2D eigenvalue weighted by molar-refractivity contribution is 6.30. The first-order chi connectivity index (χ1) is 7.99. The summed E-state index contributed by atoms with van der Waals surface area (Å²) in [7, 11) is 2.16. The Hall–Kier alpha value is -1.00. The van der Waals surface area contributed by atoms with Crippen molar-refractivity contribution in [3.8, 4) is 0 Å². The average Bonchev–Trinajstić information content (AvgIpc) is 2.25. The predicted molar refractivity (Wildman–Crippen MR) is 72.6 cm³/mol. The summed E-state index contributed by atoms with van der Waals surface area (Å²) in [6, 6.07) is 2.75. The molecule has 2 unspecified atom stereocenters. The van der Waals surface area contributed by atoms with E-state index >= 15 is 0 Å². The molecular formula is C12H19ClN4. The van der Waals surface area contributed by atoms with Crippen LogP contribution in [0.4, 0.5) is 11.5 Å². The Labute approximate surface area is 107 Å². The van der Waals surface area contributed by atoms with Crippen molar-refractivity contribution >= 4 is 23.1 Å². The van der Waals surface area contributed by atoms with Crippen LogP contribution in [0.25, 0.3) is 0 Å². The summed E-state index contributed by atoms with van der Waals surface area (Å²) in [4.78, 5) is 8.96. The van der Waals surface area contributed by atoms with Gasteiger partial charge in [0.05, 0.1) is 10.7 Å². The lowest BCUT2D eigenvalue weighted by Gasteiger charge is -2.43. The fourth-order valence-corrected chi connectivity index (χ4v) is 2.46. The van der Waals surface area contributed by atoms with E-state index in [0.717, 1.165) is 18.9 Å². The number of piperazine rings is 1. The minimum Gasteiger partial charge on any atom is -0.396 e. The second-order valence-corrected chi connectivity index (χ2v) is 5.27. The largest absolute Gasteiger partial charge is 0.396 e. The Balaban J connectivity index is 2.23. The van der Waals surface area contributed by atoms with Crippen molar-refractivity contribution in [3.63, 3.8) is 0 Å². The van der Waals surface area contributed by atoms with Gasteiger partial charge in [-0.25, -0.2) is 4.98 Å². The Morgan fingerprint density at radius 2 is 1.94 bits per heavy atom. The van der Waals surface area contributed by atoms with Crippen LogP contribution in [0.15, 0.2) is 12.3 Å². The zero-order valence-corrected chi connectivity index (χ0v) is 11.3. The zero-order valence-electron chi connectivity index (χ0n) is 10.5. The van der Waals surface area contributed by atoms with E-state index in [-0.39, 0.29) is 0 Å². The van der Waals surface area contributed by atoms with E-state index in [1.54, 1.807) is 12.3 Å². The molecule has 0 amide bonds. The second-order valence-electron chi connectivity index (χ2n) is 4.83. The normalized spacial score (nSPS) is 26.2. The number of hydrogen-bond acceptors (Lipinski definition) is 4. The van der Waals surface area contributed by atoms with Gasteiger partial charge in [-0.1, -0.05) is 11.6 Å². The number of hydrogen-bond donors (Lipinski definition) is 1. The molecule has 1 aliphatic heterocycles. The highest BCUT2D eigenvalue weighted by Gasteiger charge is 2.28. The summed E-state index contributed by atoms with van der Waals surface area (Å²) in [6.45, 7) is 6.32. The molecule has 0 spiro atoms. The quantitative estimate of drug-likeness (QED) is 0.831. The van der Waals surface area contributed by atoms with Crippen molar-refractivity contribution in [1.29, 1.82) is 0 Å². The molecular weight excluding hydrogens is 236 g/mol. The van der Waals surface area contributed by atoms with E-state index in [2.05, 4.69) is 35.7 Å². The molecule has 0 saturated carbocycles. The molecule has 0 bridgehead atoms. The van der Waals surface area contributed by atoms with Crippen molar-refractivity contribution < 1.29 is 0 Å². The fraction of sp³-hybridized carbons (Fsp3) is 0.583.